The molecule has 1 amide bonds. The minimum Gasteiger partial charge on any atom is -0.369 e. The molecule has 80 valence electrons. The normalized spacial score (nSPS) is 17.7. The smallest absolute Gasteiger partial charge is 0.220 e. The van der Waals surface area contributed by atoms with E-state index < -0.39 is 0 Å². The van der Waals surface area contributed by atoms with Crippen LogP contribution in [0.4, 0.5) is 5.82 Å². The van der Waals surface area contributed by atoms with E-state index in [-0.39, 0.29) is 11.8 Å². The number of hydrogen-bond acceptors (Lipinski definition) is 4. The van der Waals surface area contributed by atoms with Crippen molar-refractivity contribution in [1.82, 2.24) is 9.97 Å². The molecule has 2 rings (SSSR count). The highest BCUT2D eigenvalue weighted by atomic mass is 16.1. The highest BCUT2D eigenvalue weighted by molar-refractivity contribution is 5.76. The van der Waals surface area contributed by atoms with Gasteiger partial charge in [-0.15, -0.1) is 0 Å². The van der Waals surface area contributed by atoms with Gasteiger partial charge in [-0.3, -0.25) is 4.79 Å². The van der Waals surface area contributed by atoms with E-state index in [2.05, 4.69) is 14.9 Å². The van der Waals surface area contributed by atoms with E-state index in [4.69, 9.17) is 5.73 Å². The maximum absolute atomic E-state index is 11.0. The van der Waals surface area contributed by atoms with Gasteiger partial charge in [0.15, 0.2) is 0 Å². The van der Waals surface area contributed by atoms with Gasteiger partial charge in [0, 0.05) is 25.2 Å². The van der Waals surface area contributed by atoms with Gasteiger partial charge in [-0.05, 0) is 18.9 Å². The SMILES string of the molecule is NC(=O)C1CCN(c2ccncn2)CC1. The predicted octanol–water partition coefficient (Wildman–Crippen LogP) is 0.178. The predicted molar refractivity (Wildman–Crippen MR) is 56.2 cm³/mol. The summed E-state index contributed by atoms with van der Waals surface area (Å²) in [6.07, 6.45) is 4.90. The molecule has 1 aliphatic rings. The van der Waals surface area contributed by atoms with Crippen LogP contribution in [0.3, 0.4) is 0 Å². The minimum absolute atomic E-state index is 0.0306. The standard InChI is InChI=1S/C10H14N4O/c11-10(15)8-2-5-14(6-3-8)9-1-4-12-7-13-9/h1,4,7-8H,2-3,5-6H2,(H2,11,15). The number of piperidine rings is 1. The lowest BCUT2D eigenvalue weighted by Crippen LogP contribution is -2.38. The lowest BCUT2D eigenvalue weighted by Gasteiger charge is -2.31. The molecule has 0 atom stereocenters. The minimum atomic E-state index is -0.183. The molecule has 0 radical (unpaired) electrons. The third-order valence-electron chi connectivity index (χ3n) is 2.79. The van der Waals surface area contributed by atoms with E-state index in [9.17, 15) is 4.79 Å². The van der Waals surface area contributed by atoms with Gasteiger partial charge in [0.2, 0.25) is 5.91 Å². The van der Waals surface area contributed by atoms with E-state index in [1.165, 1.54) is 6.33 Å². The Labute approximate surface area is 88.3 Å². The van der Waals surface area contributed by atoms with Gasteiger partial charge in [-0.2, -0.15) is 0 Å². The molecule has 15 heavy (non-hydrogen) atoms. The third-order valence-corrected chi connectivity index (χ3v) is 2.79. The Morgan fingerprint density at radius 3 is 2.73 bits per heavy atom. The Balaban J connectivity index is 1.97. The van der Waals surface area contributed by atoms with Crippen LogP contribution in [0.25, 0.3) is 0 Å². The molecule has 2 N–H and O–H groups in total. The van der Waals surface area contributed by atoms with Crippen LogP contribution in [0.15, 0.2) is 18.6 Å². The van der Waals surface area contributed by atoms with Crippen molar-refractivity contribution in [2.24, 2.45) is 11.7 Å². The zero-order valence-corrected chi connectivity index (χ0v) is 8.47. The van der Waals surface area contributed by atoms with Crippen LogP contribution in [0.1, 0.15) is 12.8 Å². The average Bonchev–Trinajstić information content (AvgIpc) is 2.30. The molecule has 0 aliphatic carbocycles. The fraction of sp³-hybridized carbons (Fsp3) is 0.500. The molecular weight excluding hydrogens is 192 g/mol. The molecule has 1 saturated heterocycles. The number of primary amides is 1. The molecule has 0 saturated carbocycles. The fourth-order valence-corrected chi connectivity index (χ4v) is 1.86. The summed E-state index contributed by atoms with van der Waals surface area (Å²) in [5, 5.41) is 0. The van der Waals surface area contributed by atoms with Gasteiger partial charge < -0.3 is 10.6 Å². The topological polar surface area (TPSA) is 72.1 Å². The number of aromatic nitrogens is 2. The Kier molecular flexibility index (Phi) is 2.80. The van der Waals surface area contributed by atoms with Gasteiger partial charge in [0.25, 0.3) is 0 Å². The van der Waals surface area contributed by atoms with Crippen molar-refractivity contribution in [2.75, 3.05) is 18.0 Å². The van der Waals surface area contributed by atoms with E-state index in [0.29, 0.717) is 0 Å². The first kappa shape index (κ1) is 9.89. The Hall–Kier alpha value is -1.65. The van der Waals surface area contributed by atoms with Crippen molar-refractivity contribution < 1.29 is 4.79 Å². The van der Waals surface area contributed by atoms with Crippen molar-refractivity contribution in [2.45, 2.75) is 12.8 Å². The maximum Gasteiger partial charge on any atom is 0.220 e. The summed E-state index contributed by atoms with van der Waals surface area (Å²) in [6, 6.07) is 1.88. The molecule has 0 bridgehead atoms. The molecule has 1 aromatic heterocycles. The van der Waals surface area contributed by atoms with Crippen molar-refractivity contribution in [3.8, 4) is 0 Å². The second-order valence-electron chi connectivity index (χ2n) is 3.73. The van der Waals surface area contributed by atoms with Gasteiger partial charge in [-0.1, -0.05) is 0 Å². The van der Waals surface area contributed by atoms with E-state index in [1.54, 1.807) is 6.20 Å². The molecule has 2 heterocycles. The fourth-order valence-electron chi connectivity index (χ4n) is 1.86. The lowest BCUT2D eigenvalue weighted by molar-refractivity contribution is -0.122. The molecule has 5 nitrogen and oxygen atoms in total. The monoisotopic (exact) mass is 206 g/mol. The van der Waals surface area contributed by atoms with Crippen molar-refractivity contribution in [3.05, 3.63) is 18.6 Å². The Morgan fingerprint density at radius 2 is 2.20 bits per heavy atom. The number of nitrogens with two attached hydrogens (primary N) is 1. The first-order chi connectivity index (χ1) is 7.27. The van der Waals surface area contributed by atoms with Crippen LogP contribution in [0.5, 0.6) is 0 Å². The molecule has 0 aromatic carbocycles. The summed E-state index contributed by atoms with van der Waals surface area (Å²) in [6.45, 7) is 1.68. The number of carbonyl (C=O) groups is 1. The van der Waals surface area contributed by atoms with E-state index in [1.807, 2.05) is 6.07 Å². The maximum atomic E-state index is 11.0. The highest BCUT2D eigenvalue weighted by Gasteiger charge is 2.23. The van der Waals surface area contributed by atoms with Crippen molar-refractivity contribution >= 4 is 11.7 Å². The van der Waals surface area contributed by atoms with Crippen molar-refractivity contribution in [3.63, 3.8) is 0 Å². The number of anilines is 1. The molecular formula is C10H14N4O. The Morgan fingerprint density at radius 1 is 1.47 bits per heavy atom. The summed E-state index contributed by atoms with van der Waals surface area (Å²) < 4.78 is 0. The number of nitrogens with zero attached hydrogens (tertiary/aromatic N) is 3. The number of rotatable bonds is 2. The quantitative estimate of drug-likeness (QED) is 0.749. The molecule has 0 unspecified atom stereocenters. The lowest BCUT2D eigenvalue weighted by atomic mass is 9.96. The number of amides is 1. The van der Waals surface area contributed by atoms with Gasteiger partial charge in [0.1, 0.15) is 12.1 Å². The van der Waals surface area contributed by atoms with Crippen LogP contribution in [0.2, 0.25) is 0 Å². The van der Waals surface area contributed by atoms with Crippen LogP contribution >= 0.6 is 0 Å². The molecule has 5 heteroatoms. The van der Waals surface area contributed by atoms with Gasteiger partial charge in [0.05, 0.1) is 0 Å². The summed E-state index contributed by atoms with van der Waals surface area (Å²) in [7, 11) is 0. The first-order valence-electron chi connectivity index (χ1n) is 5.07. The molecule has 1 fully saturated rings. The zero-order valence-electron chi connectivity index (χ0n) is 8.47. The second-order valence-corrected chi connectivity index (χ2v) is 3.73. The van der Waals surface area contributed by atoms with Crippen LogP contribution in [0, 0.1) is 5.92 Å². The van der Waals surface area contributed by atoms with Crippen molar-refractivity contribution in [1.29, 1.82) is 0 Å². The Bertz CT molecular complexity index is 333. The molecule has 0 spiro atoms. The summed E-state index contributed by atoms with van der Waals surface area (Å²) >= 11 is 0. The highest BCUT2D eigenvalue weighted by Crippen LogP contribution is 2.20. The van der Waals surface area contributed by atoms with Gasteiger partial charge >= 0.3 is 0 Å². The zero-order chi connectivity index (χ0) is 10.7. The molecule has 1 aromatic rings. The van der Waals surface area contributed by atoms with Crippen LogP contribution in [-0.2, 0) is 4.79 Å². The molecule has 1 aliphatic heterocycles. The summed E-state index contributed by atoms with van der Waals surface area (Å²) in [5.74, 6) is 0.772. The second kappa shape index (κ2) is 4.25. The summed E-state index contributed by atoms with van der Waals surface area (Å²) in [5.41, 5.74) is 5.27. The average molecular weight is 206 g/mol. The third kappa shape index (κ3) is 2.23. The summed E-state index contributed by atoms with van der Waals surface area (Å²) in [4.78, 5) is 21.2. The van der Waals surface area contributed by atoms with E-state index >= 15 is 0 Å². The first-order valence-corrected chi connectivity index (χ1v) is 5.07. The van der Waals surface area contributed by atoms with Crippen LogP contribution in [-0.4, -0.2) is 29.0 Å². The van der Waals surface area contributed by atoms with E-state index in [0.717, 1.165) is 31.7 Å². The van der Waals surface area contributed by atoms with Gasteiger partial charge in [-0.25, -0.2) is 9.97 Å². The van der Waals surface area contributed by atoms with Crippen LogP contribution < -0.4 is 10.6 Å². The largest absolute Gasteiger partial charge is 0.369 e. The number of hydrogen-bond donors (Lipinski definition) is 1. The number of carbonyl (C=O) groups excluding carboxylic acids is 1.